The fraction of sp³-hybridized carbons (Fsp3) is 0.200. The molecule has 0 spiro atoms. The third-order valence-corrected chi connectivity index (χ3v) is 3.24. The first-order valence-electron chi connectivity index (χ1n) is 6.08. The lowest BCUT2D eigenvalue weighted by molar-refractivity contribution is 0.473. The van der Waals surface area contributed by atoms with E-state index in [2.05, 4.69) is 0 Å². The van der Waals surface area contributed by atoms with Crippen molar-refractivity contribution in [1.82, 2.24) is 0 Å². The van der Waals surface area contributed by atoms with Crippen molar-refractivity contribution in [3.05, 3.63) is 58.4 Å². The van der Waals surface area contributed by atoms with Crippen LogP contribution in [0, 0.1) is 5.82 Å². The number of hydrogen-bond acceptors (Lipinski definition) is 2. The van der Waals surface area contributed by atoms with Gasteiger partial charge in [-0.3, -0.25) is 0 Å². The number of rotatable bonds is 4. The topological polar surface area (TPSA) is 35.2 Å². The van der Waals surface area contributed by atoms with Gasteiger partial charge in [-0.05, 0) is 48.4 Å². The SMILES string of the molecule is CCc1cc(Oc2ccc(F)cc2CN)ccc1Cl. The van der Waals surface area contributed by atoms with E-state index in [4.69, 9.17) is 22.1 Å². The predicted octanol–water partition coefficient (Wildman–Crippen LogP) is 4.29. The molecule has 0 aliphatic heterocycles. The summed E-state index contributed by atoms with van der Waals surface area (Å²) in [6.07, 6.45) is 0.823. The molecule has 2 aromatic carbocycles. The second kappa shape index (κ2) is 6.04. The van der Waals surface area contributed by atoms with Gasteiger partial charge in [0.1, 0.15) is 17.3 Å². The molecule has 0 amide bonds. The highest BCUT2D eigenvalue weighted by Crippen LogP contribution is 2.29. The number of aryl methyl sites for hydroxylation is 1. The average Bonchev–Trinajstić information content (AvgIpc) is 2.42. The quantitative estimate of drug-likeness (QED) is 0.906. The first-order valence-corrected chi connectivity index (χ1v) is 6.46. The van der Waals surface area contributed by atoms with Crippen LogP contribution >= 0.6 is 11.6 Å². The molecule has 2 N–H and O–H groups in total. The lowest BCUT2D eigenvalue weighted by Gasteiger charge is -2.11. The van der Waals surface area contributed by atoms with Crippen LogP contribution in [0.5, 0.6) is 11.5 Å². The van der Waals surface area contributed by atoms with Crippen molar-refractivity contribution >= 4 is 11.6 Å². The van der Waals surface area contributed by atoms with Gasteiger partial charge in [-0.25, -0.2) is 4.39 Å². The molecule has 2 aromatic rings. The van der Waals surface area contributed by atoms with Crippen LogP contribution in [0.3, 0.4) is 0 Å². The summed E-state index contributed by atoms with van der Waals surface area (Å²) in [5, 5.41) is 0.716. The summed E-state index contributed by atoms with van der Waals surface area (Å²) in [6, 6.07) is 9.77. The molecule has 0 bridgehead atoms. The van der Waals surface area contributed by atoms with Crippen LogP contribution in [0.4, 0.5) is 4.39 Å². The highest BCUT2D eigenvalue weighted by molar-refractivity contribution is 6.31. The summed E-state index contributed by atoms with van der Waals surface area (Å²) in [5.41, 5.74) is 7.23. The zero-order chi connectivity index (χ0) is 13.8. The number of hydrogen-bond donors (Lipinski definition) is 1. The maximum absolute atomic E-state index is 13.1. The third-order valence-electron chi connectivity index (χ3n) is 2.87. The molecule has 0 aromatic heterocycles. The van der Waals surface area contributed by atoms with Gasteiger partial charge in [0.2, 0.25) is 0 Å². The minimum absolute atomic E-state index is 0.224. The standard InChI is InChI=1S/C15H15ClFNO/c1-2-10-8-13(4-5-14(10)16)19-15-6-3-12(17)7-11(15)9-18/h3-8H,2,9,18H2,1H3. The molecule has 0 aliphatic rings. The lowest BCUT2D eigenvalue weighted by Crippen LogP contribution is -2.00. The molecule has 19 heavy (non-hydrogen) atoms. The zero-order valence-corrected chi connectivity index (χ0v) is 11.4. The van der Waals surface area contributed by atoms with Crippen molar-refractivity contribution in [2.75, 3.05) is 0 Å². The molecule has 0 unspecified atom stereocenters. The maximum atomic E-state index is 13.1. The van der Waals surface area contributed by atoms with Crippen molar-refractivity contribution < 1.29 is 9.13 Å². The van der Waals surface area contributed by atoms with E-state index in [1.165, 1.54) is 12.1 Å². The highest BCUT2D eigenvalue weighted by Gasteiger charge is 2.07. The first-order chi connectivity index (χ1) is 9.13. The van der Waals surface area contributed by atoms with Gasteiger partial charge in [0.15, 0.2) is 0 Å². The largest absolute Gasteiger partial charge is 0.457 e. The van der Waals surface area contributed by atoms with Gasteiger partial charge in [-0.15, -0.1) is 0 Å². The van der Waals surface area contributed by atoms with E-state index in [0.29, 0.717) is 22.1 Å². The maximum Gasteiger partial charge on any atom is 0.132 e. The Bertz CT molecular complexity index is 586. The van der Waals surface area contributed by atoms with Gasteiger partial charge in [0.05, 0.1) is 0 Å². The summed E-state index contributed by atoms with van der Waals surface area (Å²) >= 11 is 6.05. The second-order valence-electron chi connectivity index (χ2n) is 4.17. The van der Waals surface area contributed by atoms with E-state index < -0.39 is 0 Å². The number of ether oxygens (including phenoxy) is 1. The smallest absolute Gasteiger partial charge is 0.132 e. The van der Waals surface area contributed by atoms with E-state index in [-0.39, 0.29) is 12.4 Å². The van der Waals surface area contributed by atoms with Gasteiger partial charge in [-0.1, -0.05) is 18.5 Å². The Labute approximate surface area is 117 Å². The van der Waals surface area contributed by atoms with Crippen LogP contribution in [0.25, 0.3) is 0 Å². The zero-order valence-electron chi connectivity index (χ0n) is 10.6. The van der Waals surface area contributed by atoms with Crippen molar-refractivity contribution in [2.45, 2.75) is 19.9 Å². The van der Waals surface area contributed by atoms with Crippen molar-refractivity contribution in [3.8, 4) is 11.5 Å². The minimum atomic E-state index is -0.321. The first kappa shape index (κ1) is 13.8. The van der Waals surface area contributed by atoms with E-state index in [9.17, 15) is 4.39 Å². The molecule has 0 saturated carbocycles. The Kier molecular flexibility index (Phi) is 4.40. The van der Waals surface area contributed by atoms with E-state index in [0.717, 1.165) is 12.0 Å². The van der Waals surface area contributed by atoms with Gasteiger partial charge in [0, 0.05) is 17.1 Å². The summed E-state index contributed by atoms with van der Waals surface area (Å²) in [6.45, 7) is 2.25. The van der Waals surface area contributed by atoms with Crippen LogP contribution in [0.1, 0.15) is 18.1 Å². The summed E-state index contributed by atoms with van der Waals surface area (Å²) < 4.78 is 18.9. The highest BCUT2D eigenvalue weighted by atomic mass is 35.5. The lowest BCUT2D eigenvalue weighted by atomic mass is 10.1. The Morgan fingerprint density at radius 3 is 2.63 bits per heavy atom. The predicted molar refractivity (Wildman–Crippen MR) is 75.2 cm³/mol. The Morgan fingerprint density at radius 1 is 1.16 bits per heavy atom. The molecule has 0 heterocycles. The molecule has 4 heteroatoms. The molecular formula is C15H15ClFNO. The van der Waals surface area contributed by atoms with Gasteiger partial charge >= 0.3 is 0 Å². The van der Waals surface area contributed by atoms with Crippen LogP contribution < -0.4 is 10.5 Å². The van der Waals surface area contributed by atoms with Gasteiger partial charge in [0.25, 0.3) is 0 Å². The molecule has 100 valence electrons. The summed E-state index contributed by atoms with van der Waals surface area (Å²) in [7, 11) is 0. The molecule has 0 radical (unpaired) electrons. The molecule has 0 saturated heterocycles. The molecule has 0 fully saturated rings. The van der Waals surface area contributed by atoms with Crippen LogP contribution in [-0.2, 0) is 13.0 Å². The molecule has 0 atom stereocenters. The van der Waals surface area contributed by atoms with Crippen molar-refractivity contribution in [2.24, 2.45) is 5.73 Å². The molecular weight excluding hydrogens is 265 g/mol. The number of nitrogens with two attached hydrogens (primary N) is 1. The van der Waals surface area contributed by atoms with Crippen LogP contribution in [0.15, 0.2) is 36.4 Å². The Hall–Kier alpha value is -1.58. The monoisotopic (exact) mass is 279 g/mol. The normalized spacial score (nSPS) is 10.5. The average molecular weight is 280 g/mol. The van der Waals surface area contributed by atoms with E-state index in [1.54, 1.807) is 18.2 Å². The fourth-order valence-electron chi connectivity index (χ4n) is 1.82. The van der Waals surface area contributed by atoms with E-state index >= 15 is 0 Å². The number of halogens is 2. The second-order valence-corrected chi connectivity index (χ2v) is 4.57. The van der Waals surface area contributed by atoms with Crippen molar-refractivity contribution in [3.63, 3.8) is 0 Å². The number of benzene rings is 2. The minimum Gasteiger partial charge on any atom is -0.457 e. The molecule has 0 aliphatic carbocycles. The van der Waals surface area contributed by atoms with Gasteiger partial charge in [-0.2, -0.15) is 0 Å². The van der Waals surface area contributed by atoms with Gasteiger partial charge < -0.3 is 10.5 Å². The van der Waals surface area contributed by atoms with E-state index in [1.807, 2.05) is 13.0 Å². The van der Waals surface area contributed by atoms with Crippen molar-refractivity contribution in [1.29, 1.82) is 0 Å². The fourth-order valence-corrected chi connectivity index (χ4v) is 2.07. The Morgan fingerprint density at radius 2 is 1.95 bits per heavy atom. The van der Waals surface area contributed by atoms with Crippen LogP contribution in [-0.4, -0.2) is 0 Å². The van der Waals surface area contributed by atoms with Crippen LogP contribution in [0.2, 0.25) is 5.02 Å². The molecule has 2 nitrogen and oxygen atoms in total. The summed E-state index contributed by atoms with van der Waals surface area (Å²) in [5.74, 6) is 0.911. The third kappa shape index (κ3) is 3.25. The Balaban J connectivity index is 2.30. The molecule has 2 rings (SSSR count). The summed E-state index contributed by atoms with van der Waals surface area (Å²) in [4.78, 5) is 0.